The fourth-order valence-electron chi connectivity index (χ4n) is 2.91. The Morgan fingerprint density at radius 2 is 2.10 bits per heavy atom. The number of aryl methyl sites for hydroxylation is 1. The van der Waals surface area contributed by atoms with Crippen molar-refractivity contribution in [2.24, 2.45) is 5.92 Å². The molecule has 1 fully saturated rings. The Balaban J connectivity index is 1.65. The topological polar surface area (TPSA) is 39.1 Å². The van der Waals surface area contributed by atoms with E-state index in [9.17, 15) is 0 Å². The van der Waals surface area contributed by atoms with Crippen LogP contribution in [0.4, 0.5) is 0 Å². The molecule has 2 aromatic rings. The molecule has 1 N–H and O–H groups in total. The van der Waals surface area contributed by atoms with E-state index in [1.54, 1.807) is 0 Å². The second-order valence-electron chi connectivity index (χ2n) is 5.49. The number of fused-ring (bicyclic) bond motifs is 1. The smallest absolute Gasteiger partial charge is 0.0960 e. The number of piperidine rings is 1. The molecular formula is C16H23N3O. The summed E-state index contributed by atoms with van der Waals surface area (Å²) in [5.74, 6) is 0.704. The molecule has 1 aromatic heterocycles. The first-order chi connectivity index (χ1) is 9.88. The van der Waals surface area contributed by atoms with Crippen LogP contribution in [0.1, 0.15) is 25.5 Å². The van der Waals surface area contributed by atoms with Crippen LogP contribution >= 0.6 is 0 Å². The Hall–Kier alpha value is -1.39. The summed E-state index contributed by atoms with van der Waals surface area (Å²) in [7, 11) is 0. The van der Waals surface area contributed by atoms with Crippen LogP contribution in [-0.2, 0) is 17.9 Å². The molecule has 0 unspecified atom stereocenters. The predicted octanol–water partition coefficient (Wildman–Crippen LogP) is 2.57. The molecule has 1 aromatic carbocycles. The highest BCUT2D eigenvalue weighted by atomic mass is 16.5. The lowest BCUT2D eigenvalue weighted by Crippen LogP contribution is -2.29. The monoisotopic (exact) mass is 273 g/mol. The van der Waals surface area contributed by atoms with Crippen LogP contribution in [0.2, 0.25) is 0 Å². The van der Waals surface area contributed by atoms with Gasteiger partial charge in [-0.3, -0.25) is 4.68 Å². The number of nitrogens with zero attached hydrogens (tertiary/aromatic N) is 2. The minimum absolute atomic E-state index is 0.622. The molecule has 0 saturated carbocycles. The molecule has 0 radical (unpaired) electrons. The van der Waals surface area contributed by atoms with Gasteiger partial charge in [-0.25, -0.2) is 0 Å². The fraction of sp³-hybridized carbons (Fsp3) is 0.562. The number of rotatable bonds is 5. The summed E-state index contributed by atoms with van der Waals surface area (Å²) in [6.45, 7) is 6.75. The van der Waals surface area contributed by atoms with Crippen molar-refractivity contribution in [2.75, 3.05) is 19.7 Å². The second kappa shape index (κ2) is 6.37. The summed E-state index contributed by atoms with van der Waals surface area (Å²) in [6.07, 6.45) is 2.45. The van der Waals surface area contributed by atoms with Gasteiger partial charge in [-0.1, -0.05) is 18.2 Å². The summed E-state index contributed by atoms with van der Waals surface area (Å²) in [6, 6.07) is 8.40. The SMILES string of the molecule is CCn1nc(COCC2CCNCC2)c2ccccc21. The first-order valence-electron chi connectivity index (χ1n) is 7.61. The average Bonchev–Trinajstić information content (AvgIpc) is 2.87. The van der Waals surface area contributed by atoms with Crippen molar-refractivity contribution in [3.05, 3.63) is 30.0 Å². The van der Waals surface area contributed by atoms with E-state index in [1.165, 1.54) is 23.7 Å². The molecule has 0 amide bonds. The molecule has 0 bridgehead atoms. The molecular weight excluding hydrogens is 250 g/mol. The zero-order valence-electron chi connectivity index (χ0n) is 12.1. The maximum atomic E-state index is 5.92. The van der Waals surface area contributed by atoms with Crippen LogP contribution < -0.4 is 5.32 Å². The summed E-state index contributed by atoms with van der Waals surface area (Å²) in [5, 5.41) is 9.28. The molecule has 0 spiro atoms. The van der Waals surface area contributed by atoms with Gasteiger partial charge in [0, 0.05) is 11.9 Å². The fourth-order valence-corrected chi connectivity index (χ4v) is 2.91. The maximum absolute atomic E-state index is 5.92. The largest absolute Gasteiger partial charge is 0.375 e. The first-order valence-corrected chi connectivity index (χ1v) is 7.61. The molecule has 0 aliphatic carbocycles. The predicted molar refractivity (Wildman–Crippen MR) is 80.7 cm³/mol. The molecule has 1 aliphatic heterocycles. The van der Waals surface area contributed by atoms with Crippen molar-refractivity contribution < 1.29 is 4.74 Å². The molecule has 4 heteroatoms. The maximum Gasteiger partial charge on any atom is 0.0960 e. The summed E-state index contributed by atoms with van der Waals surface area (Å²) >= 11 is 0. The average molecular weight is 273 g/mol. The van der Waals surface area contributed by atoms with E-state index in [-0.39, 0.29) is 0 Å². The number of nitrogens with one attached hydrogen (secondary N) is 1. The number of hydrogen-bond acceptors (Lipinski definition) is 3. The standard InChI is InChI=1S/C16H23N3O/c1-2-19-16-6-4-3-5-14(16)15(18-19)12-20-11-13-7-9-17-10-8-13/h3-6,13,17H,2,7-12H2,1H3. The summed E-state index contributed by atoms with van der Waals surface area (Å²) in [5.41, 5.74) is 2.27. The molecule has 108 valence electrons. The Bertz CT molecular complexity index is 558. The van der Waals surface area contributed by atoms with E-state index in [4.69, 9.17) is 4.74 Å². The zero-order valence-corrected chi connectivity index (χ0v) is 12.1. The number of hydrogen-bond donors (Lipinski definition) is 1. The first kappa shape index (κ1) is 13.6. The van der Waals surface area contributed by atoms with Crippen molar-refractivity contribution in [3.8, 4) is 0 Å². The van der Waals surface area contributed by atoms with Crippen molar-refractivity contribution in [2.45, 2.75) is 32.9 Å². The van der Waals surface area contributed by atoms with Gasteiger partial charge < -0.3 is 10.1 Å². The van der Waals surface area contributed by atoms with Gasteiger partial charge in [-0.2, -0.15) is 5.10 Å². The highest BCUT2D eigenvalue weighted by Crippen LogP contribution is 2.20. The molecule has 3 rings (SSSR count). The number of benzene rings is 1. The van der Waals surface area contributed by atoms with Gasteiger partial charge in [0.1, 0.15) is 0 Å². The highest BCUT2D eigenvalue weighted by Gasteiger charge is 2.14. The Kier molecular flexibility index (Phi) is 4.33. The third-order valence-corrected chi connectivity index (χ3v) is 4.09. The van der Waals surface area contributed by atoms with E-state index in [0.717, 1.165) is 31.9 Å². The second-order valence-corrected chi connectivity index (χ2v) is 5.49. The van der Waals surface area contributed by atoms with Crippen molar-refractivity contribution in [1.29, 1.82) is 0 Å². The van der Waals surface area contributed by atoms with Crippen molar-refractivity contribution in [3.63, 3.8) is 0 Å². The van der Waals surface area contributed by atoms with Crippen LogP contribution in [0.5, 0.6) is 0 Å². The highest BCUT2D eigenvalue weighted by molar-refractivity contribution is 5.81. The number of para-hydroxylation sites is 1. The Morgan fingerprint density at radius 3 is 2.90 bits per heavy atom. The Morgan fingerprint density at radius 1 is 1.30 bits per heavy atom. The van der Waals surface area contributed by atoms with E-state index < -0.39 is 0 Å². The van der Waals surface area contributed by atoms with Gasteiger partial charge in [0.15, 0.2) is 0 Å². The van der Waals surface area contributed by atoms with E-state index in [2.05, 4.69) is 46.3 Å². The molecule has 20 heavy (non-hydrogen) atoms. The van der Waals surface area contributed by atoms with Crippen LogP contribution in [0.15, 0.2) is 24.3 Å². The number of aromatic nitrogens is 2. The number of ether oxygens (including phenoxy) is 1. The van der Waals surface area contributed by atoms with Crippen LogP contribution in [0.25, 0.3) is 10.9 Å². The van der Waals surface area contributed by atoms with Gasteiger partial charge in [0.05, 0.1) is 24.4 Å². The van der Waals surface area contributed by atoms with Crippen molar-refractivity contribution in [1.82, 2.24) is 15.1 Å². The Labute approximate surface area is 120 Å². The van der Waals surface area contributed by atoms with Gasteiger partial charge in [0.2, 0.25) is 0 Å². The normalized spacial score (nSPS) is 16.9. The lowest BCUT2D eigenvalue weighted by Gasteiger charge is -2.22. The van der Waals surface area contributed by atoms with Gasteiger partial charge in [0.25, 0.3) is 0 Å². The molecule has 4 nitrogen and oxygen atoms in total. The minimum Gasteiger partial charge on any atom is -0.375 e. The van der Waals surface area contributed by atoms with Gasteiger partial charge in [-0.05, 0) is 44.8 Å². The van der Waals surface area contributed by atoms with Crippen LogP contribution in [-0.4, -0.2) is 29.5 Å². The van der Waals surface area contributed by atoms with Crippen LogP contribution in [0, 0.1) is 5.92 Å². The quantitative estimate of drug-likeness (QED) is 0.910. The van der Waals surface area contributed by atoms with E-state index in [1.807, 2.05) is 0 Å². The van der Waals surface area contributed by atoms with E-state index >= 15 is 0 Å². The van der Waals surface area contributed by atoms with Gasteiger partial charge >= 0.3 is 0 Å². The molecule has 2 heterocycles. The lowest BCUT2D eigenvalue weighted by atomic mass is 9.99. The summed E-state index contributed by atoms with van der Waals surface area (Å²) < 4.78 is 7.98. The molecule has 0 atom stereocenters. The molecule has 1 aliphatic rings. The third kappa shape index (κ3) is 2.86. The third-order valence-electron chi connectivity index (χ3n) is 4.09. The molecule has 1 saturated heterocycles. The summed E-state index contributed by atoms with van der Waals surface area (Å²) in [4.78, 5) is 0. The van der Waals surface area contributed by atoms with Crippen LogP contribution in [0.3, 0.4) is 0 Å². The van der Waals surface area contributed by atoms with Crippen molar-refractivity contribution >= 4 is 10.9 Å². The zero-order chi connectivity index (χ0) is 13.8. The van der Waals surface area contributed by atoms with E-state index in [0.29, 0.717) is 12.5 Å². The van der Waals surface area contributed by atoms with Gasteiger partial charge in [-0.15, -0.1) is 0 Å². The lowest BCUT2D eigenvalue weighted by molar-refractivity contribution is 0.0747. The minimum atomic E-state index is 0.622.